The first kappa shape index (κ1) is 10.8. The van der Waals surface area contributed by atoms with Gasteiger partial charge in [0.25, 0.3) is 0 Å². The molecule has 2 aromatic rings. The summed E-state index contributed by atoms with van der Waals surface area (Å²) in [6.07, 6.45) is 3.17. The molecule has 80 valence electrons. The third kappa shape index (κ3) is 2.47. The lowest BCUT2D eigenvalue weighted by Crippen LogP contribution is -1.97. The van der Waals surface area contributed by atoms with Crippen LogP contribution in [0.15, 0.2) is 42.6 Å². The van der Waals surface area contributed by atoms with Crippen LogP contribution in [-0.4, -0.2) is 11.3 Å². The van der Waals surface area contributed by atoms with Crippen LogP contribution in [0.5, 0.6) is 0 Å². The summed E-state index contributed by atoms with van der Waals surface area (Å²) in [5.41, 5.74) is 2.52. The third-order valence-corrected chi connectivity index (χ3v) is 2.59. The smallest absolute Gasteiger partial charge is 0.151 e. The Morgan fingerprint density at radius 2 is 1.94 bits per heavy atom. The van der Waals surface area contributed by atoms with Crippen molar-refractivity contribution in [1.29, 1.82) is 0 Å². The monoisotopic (exact) mass is 231 g/mol. The van der Waals surface area contributed by atoms with Gasteiger partial charge in [0, 0.05) is 23.2 Å². The molecule has 0 saturated heterocycles. The predicted molar refractivity (Wildman–Crippen MR) is 63.9 cm³/mol. The average Bonchev–Trinajstić information content (AvgIpc) is 2.33. The molecule has 0 atom stereocenters. The van der Waals surface area contributed by atoms with Gasteiger partial charge in [-0.15, -0.1) is 0 Å². The first-order valence-corrected chi connectivity index (χ1v) is 5.31. The minimum Gasteiger partial charge on any atom is -0.298 e. The van der Waals surface area contributed by atoms with E-state index in [0.29, 0.717) is 17.0 Å². The SMILES string of the molecule is O=Cc1cccnc1Cc1ccc(Cl)cc1. The Morgan fingerprint density at radius 1 is 1.19 bits per heavy atom. The molecule has 1 aromatic heterocycles. The molecule has 0 N–H and O–H groups in total. The van der Waals surface area contributed by atoms with Crippen molar-refractivity contribution in [2.45, 2.75) is 6.42 Å². The number of rotatable bonds is 3. The van der Waals surface area contributed by atoms with Crippen molar-refractivity contribution in [3.63, 3.8) is 0 Å². The Morgan fingerprint density at radius 3 is 2.62 bits per heavy atom. The van der Waals surface area contributed by atoms with E-state index >= 15 is 0 Å². The van der Waals surface area contributed by atoms with Crippen LogP contribution in [0, 0.1) is 0 Å². The van der Waals surface area contributed by atoms with Crippen molar-refractivity contribution < 1.29 is 4.79 Å². The van der Waals surface area contributed by atoms with Crippen molar-refractivity contribution in [2.75, 3.05) is 0 Å². The fourth-order valence-electron chi connectivity index (χ4n) is 1.50. The molecule has 1 aromatic carbocycles. The van der Waals surface area contributed by atoms with Crippen molar-refractivity contribution in [2.24, 2.45) is 0 Å². The zero-order valence-corrected chi connectivity index (χ0v) is 9.32. The van der Waals surface area contributed by atoms with Crippen molar-refractivity contribution in [3.8, 4) is 0 Å². The van der Waals surface area contributed by atoms with Crippen molar-refractivity contribution >= 4 is 17.9 Å². The van der Waals surface area contributed by atoms with Gasteiger partial charge in [0.1, 0.15) is 0 Å². The van der Waals surface area contributed by atoms with Crippen LogP contribution in [0.2, 0.25) is 5.02 Å². The second-order valence-electron chi connectivity index (χ2n) is 3.46. The summed E-state index contributed by atoms with van der Waals surface area (Å²) in [7, 11) is 0. The first-order chi connectivity index (χ1) is 7.79. The predicted octanol–water partition coefficient (Wildman–Crippen LogP) is 3.14. The van der Waals surface area contributed by atoms with E-state index in [-0.39, 0.29) is 0 Å². The topological polar surface area (TPSA) is 30.0 Å². The molecular formula is C13H10ClNO. The van der Waals surface area contributed by atoms with Gasteiger partial charge in [-0.2, -0.15) is 0 Å². The Hall–Kier alpha value is -1.67. The van der Waals surface area contributed by atoms with Gasteiger partial charge in [-0.1, -0.05) is 23.7 Å². The highest BCUT2D eigenvalue weighted by Crippen LogP contribution is 2.14. The fraction of sp³-hybridized carbons (Fsp3) is 0.0769. The highest BCUT2D eigenvalue weighted by molar-refractivity contribution is 6.30. The molecule has 0 amide bonds. The molecular weight excluding hydrogens is 222 g/mol. The molecule has 0 unspecified atom stereocenters. The molecule has 0 aliphatic heterocycles. The lowest BCUT2D eigenvalue weighted by Gasteiger charge is -2.03. The first-order valence-electron chi connectivity index (χ1n) is 4.93. The molecule has 0 radical (unpaired) electrons. The van der Waals surface area contributed by atoms with Gasteiger partial charge in [0.05, 0.1) is 5.69 Å². The molecule has 16 heavy (non-hydrogen) atoms. The Bertz CT molecular complexity index is 494. The summed E-state index contributed by atoms with van der Waals surface area (Å²) < 4.78 is 0. The van der Waals surface area contributed by atoms with Crippen LogP contribution in [0.1, 0.15) is 21.6 Å². The molecule has 3 heteroatoms. The van der Waals surface area contributed by atoms with Crippen LogP contribution in [0.3, 0.4) is 0 Å². The number of halogens is 1. The van der Waals surface area contributed by atoms with Crippen LogP contribution < -0.4 is 0 Å². The summed E-state index contributed by atoms with van der Waals surface area (Å²) in [5, 5.41) is 0.709. The van der Waals surface area contributed by atoms with Crippen LogP contribution in [0.4, 0.5) is 0 Å². The number of hydrogen-bond donors (Lipinski definition) is 0. The number of pyridine rings is 1. The Labute approximate surface area is 98.9 Å². The highest BCUT2D eigenvalue weighted by atomic mass is 35.5. The van der Waals surface area contributed by atoms with Gasteiger partial charge in [-0.25, -0.2) is 0 Å². The van der Waals surface area contributed by atoms with E-state index in [9.17, 15) is 4.79 Å². The number of nitrogens with zero attached hydrogens (tertiary/aromatic N) is 1. The molecule has 0 aliphatic carbocycles. The molecule has 0 bridgehead atoms. The number of carbonyl (C=O) groups is 1. The minimum atomic E-state index is 0.637. The molecule has 0 aliphatic rings. The van der Waals surface area contributed by atoms with E-state index in [1.807, 2.05) is 24.3 Å². The van der Waals surface area contributed by atoms with E-state index < -0.39 is 0 Å². The fourth-order valence-corrected chi connectivity index (χ4v) is 1.63. The summed E-state index contributed by atoms with van der Waals surface area (Å²) in [6, 6.07) is 11.1. The average molecular weight is 232 g/mol. The van der Waals surface area contributed by atoms with E-state index in [2.05, 4.69) is 4.98 Å². The minimum absolute atomic E-state index is 0.637. The Balaban J connectivity index is 2.26. The number of aromatic nitrogens is 1. The highest BCUT2D eigenvalue weighted by Gasteiger charge is 2.03. The molecule has 1 heterocycles. The van der Waals surface area contributed by atoms with E-state index in [1.54, 1.807) is 18.3 Å². The second kappa shape index (κ2) is 4.90. The van der Waals surface area contributed by atoms with Gasteiger partial charge in [-0.3, -0.25) is 9.78 Å². The number of carbonyl (C=O) groups excluding carboxylic acids is 1. The largest absolute Gasteiger partial charge is 0.298 e. The maximum atomic E-state index is 10.8. The van der Waals surface area contributed by atoms with Gasteiger partial charge < -0.3 is 0 Å². The summed E-state index contributed by atoms with van der Waals surface area (Å²) in [5.74, 6) is 0. The number of hydrogen-bond acceptors (Lipinski definition) is 2. The number of benzene rings is 1. The van der Waals surface area contributed by atoms with Crippen molar-refractivity contribution in [1.82, 2.24) is 4.98 Å². The van der Waals surface area contributed by atoms with Gasteiger partial charge in [-0.05, 0) is 29.8 Å². The van der Waals surface area contributed by atoms with E-state index in [1.165, 1.54) is 0 Å². The van der Waals surface area contributed by atoms with E-state index in [4.69, 9.17) is 11.6 Å². The van der Waals surface area contributed by atoms with Crippen LogP contribution in [0.25, 0.3) is 0 Å². The van der Waals surface area contributed by atoms with Gasteiger partial charge >= 0.3 is 0 Å². The lowest BCUT2D eigenvalue weighted by molar-refractivity contribution is 0.112. The molecule has 0 saturated carbocycles. The number of aldehydes is 1. The van der Waals surface area contributed by atoms with Gasteiger partial charge in [0.2, 0.25) is 0 Å². The normalized spacial score (nSPS) is 10.1. The maximum Gasteiger partial charge on any atom is 0.151 e. The summed E-state index contributed by atoms with van der Waals surface area (Å²) >= 11 is 5.80. The lowest BCUT2D eigenvalue weighted by atomic mass is 10.1. The third-order valence-electron chi connectivity index (χ3n) is 2.34. The zero-order valence-electron chi connectivity index (χ0n) is 8.56. The molecule has 2 rings (SSSR count). The van der Waals surface area contributed by atoms with Crippen LogP contribution in [-0.2, 0) is 6.42 Å². The Kier molecular flexibility index (Phi) is 3.32. The zero-order chi connectivity index (χ0) is 11.4. The van der Waals surface area contributed by atoms with Crippen molar-refractivity contribution in [3.05, 3.63) is 64.4 Å². The van der Waals surface area contributed by atoms with Crippen LogP contribution >= 0.6 is 11.6 Å². The standard InChI is InChI=1S/C13H10ClNO/c14-12-5-3-10(4-6-12)8-13-11(9-16)2-1-7-15-13/h1-7,9H,8H2. The van der Waals surface area contributed by atoms with E-state index in [0.717, 1.165) is 17.5 Å². The summed E-state index contributed by atoms with van der Waals surface area (Å²) in [4.78, 5) is 15.0. The maximum absolute atomic E-state index is 10.8. The molecule has 0 fully saturated rings. The molecule has 2 nitrogen and oxygen atoms in total. The quantitative estimate of drug-likeness (QED) is 0.760. The second-order valence-corrected chi connectivity index (χ2v) is 3.90. The summed E-state index contributed by atoms with van der Waals surface area (Å²) in [6.45, 7) is 0. The van der Waals surface area contributed by atoms with Gasteiger partial charge in [0.15, 0.2) is 6.29 Å². The molecule has 0 spiro atoms.